The lowest BCUT2D eigenvalue weighted by molar-refractivity contribution is -0.130. The molecule has 0 radical (unpaired) electrons. The van der Waals surface area contributed by atoms with Crippen LogP contribution in [0.5, 0.6) is 11.5 Å². The molecule has 142 valence electrons. The summed E-state index contributed by atoms with van der Waals surface area (Å²) in [6.07, 6.45) is 1.89. The number of ether oxygens (including phenoxy) is 2. The molecular formula is C20H27NO5. The van der Waals surface area contributed by atoms with Gasteiger partial charge in [-0.3, -0.25) is 14.6 Å². The molecule has 0 aromatic heterocycles. The van der Waals surface area contributed by atoms with Crippen LogP contribution < -0.4 is 9.47 Å². The highest BCUT2D eigenvalue weighted by molar-refractivity contribution is 6.22. The van der Waals surface area contributed by atoms with Crippen molar-refractivity contribution in [3.8, 4) is 11.5 Å². The summed E-state index contributed by atoms with van der Waals surface area (Å²) in [4.78, 5) is 29.4. The molecule has 1 N–H and O–H groups in total. The summed E-state index contributed by atoms with van der Waals surface area (Å²) in [5.41, 5.74) is 1.39. The van der Waals surface area contributed by atoms with Crippen LogP contribution in [0.25, 0.3) is 0 Å². The molecule has 0 heterocycles. The predicted octanol–water partition coefficient (Wildman–Crippen LogP) is 2.40. The smallest absolute Gasteiger partial charge is 0.161 e. The Labute approximate surface area is 154 Å². The molecule has 0 unspecified atom stereocenters. The van der Waals surface area contributed by atoms with Crippen molar-refractivity contribution in [2.45, 2.75) is 39.5 Å². The van der Waals surface area contributed by atoms with Crippen molar-refractivity contribution >= 4 is 17.3 Å². The number of aliphatic imine (C=N–C) groups is 1. The first-order chi connectivity index (χ1) is 12.6. The summed E-state index contributed by atoms with van der Waals surface area (Å²) in [6, 6.07) is 5.41. The Bertz CT molecular complexity index is 668. The van der Waals surface area contributed by atoms with Gasteiger partial charge in [0, 0.05) is 18.6 Å². The van der Waals surface area contributed by atoms with Crippen LogP contribution in [0.1, 0.15) is 38.7 Å². The van der Waals surface area contributed by atoms with E-state index in [4.69, 9.17) is 14.6 Å². The molecule has 0 amide bonds. The van der Waals surface area contributed by atoms with Crippen LogP contribution in [-0.2, 0) is 16.0 Å². The average molecular weight is 361 g/mol. The normalized spacial score (nSPS) is 18.8. The van der Waals surface area contributed by atoms with E-state index in [0.29, 0.717) is 49.7 Å². The first-order valence-electron chi connectivity index (χ1n) is 9.18. The molecule has 0 saturated heterocycles. The van der Waals surface area contributed by atoms with Gasteiger partial charge in [0.05, 0.1) is 26.4 Å². The monoisotopic (exact) mass is 361 g/mol. The summed E-state index contributed by atoms with van der Waals surface area (Å²) in [5, 5.41) is 8.97. The Balaban J connectivity index is 2.19. The van der Waals surface area contributed by atoms with Gasteiger partial charge < -0.3 is 14.6 Å². The second-order valence-electron chi connectivity index (χ2n) is 6.14. The molecule has 1 aliphatic rings. The van der Waals surface area contributed by atoms with Crippen LogP contribution in [0.2, 0.25) is 0 Å². The lowest BCUT2D eigenvalue weighted by Crippen LogP contribution is -2.36. The highest BCUT2D eigenvalue weighted by atomic mass is 16.5. The van der Waals surface area contributed by atoms with Crippen molar-refractivity contribution in [3.05, 3.63) is 23.8 Å². The summed E-state index contributed by atoms with van der Waals surface area (Å²) >= 11 is 0. The van der Waals surface area contributed by atoms with Gasteiger partial charge in [-0.2, -0.15) is 0 Å². The fraction of sp³-hybridized carbons (Fsp3) is 0.550. The van der Waals surface area contributed by atoms with E-state index in [1.54, 1.807) is 12.1 Å². The molecule has 26 heavy (non-hydrogen) atoms. The molecule has 1 atom stereocenters. The first kappa shape index (κ1) is 20.1. The van der Waals surface area contributed by atoms with Crippen LogP contribution in [0.4, 0.5) is 0 Å². The molecular weight excluding hydrogens is 334 g/mol. The third kappa shape index (κ3) is 5.14. The average Bonchev–Trinajstić information content (AvgIpc) is 2.62. The van der Waals surface area contributed by atoms with Gasteiger partial charge in [-0.05, 0) is 44.4 Å². The lowest BCUT2D eigenvalue weighted by atomic mass is 9.81. The van der Waals surface area contributed by atoms with Gasteiger partial charge in [0.15, 0.2) is 17.3 Å². The molecule has 1 aromatic carbocycles. The second-order valence-corrected chi connectivity index (χ2v) is 6.14. The topological polar surface area (TPSA) is 85.2 Å². The van der Waals surface area contributed by atoms with Crippen LogP contribution in [0.3, 0.4) is 0 Å². The van der Waals surface area contributed by atoms with E-state index in [0.717, 1.165) is 5.56 Å². The Kier molecular flexibility index (Phi) is 7.78. The first-order valence-corrected chi connectivity index (χ1v) is 9.18. The van der Waals surface area contributed by atoms with Crippen molar-refractivity contribution in [2.24, 2.45) is 10.9 Å². The van der Waals surface area contributed by atoms with E-state index in [-0.39, 0.29) is 31.1 Å². The van der Waals surface area contributed by atoms with E-state index in [9.17, 15) is 9.59 Å². The number of rotatable bonds is 9. The van der Waals surface area contributed by atoms with E-state index in [1.807, 2.05) is 19.9 Å². The highest BCUT2D eigenvalue weighted by Crippen LogP contribution is 2.29. The number of ketones is 2. The van der Waals surface area contributed by atoms with Crippen molar-refractivity contribution in [1.29, 1.82) is 0 Å². The van der Waals surface area contributed by atoms with Gasteiger partial charge in [0.1, 0.15) is 11.7 Å². The molecule has 6 heteroatoms. The third-order valence-corrected chi connectivity index (χ3v) is 4.23. The second kappa shape index (κ2) is 10.1. The van der Waals surface area contributed by atoms with Gasteiger partial charge in [0.2, 0.25) is 0 Å². The van der Waals surface area contributed by atoms with Gasteiger partial charge in [-0.25, -0.2) is 0 Å². The fourth-order valence-corrected chi connectivity index (χ4v) is 3.16. The van der Waals surface area contributed by atoms with E-state index < -0.39 is 5.92 Å². The number of aliphatic hydroxyl groups is 1. The summed E-state index contributed by atoms with van der Waals surface area (Å²) in [7, 11) is 0. The van der Waals surface area contributed by atoms with Crippen molar-refractivity contribution in [2.75, 3.05) is 26.4 Å². The van der Waals surface area contributed by atoms with Gasteiger partial charge in [0.25, 0.3) is 0 Å². The van der Waals surface area contributed by atoms with Gasteiger partial charge in [-0.1, -0.05) is 6.07 Å². The van der Waals surface area contributed by atoms with E-state index in [1.165, 1.54) is 0 Å². The number of Topliss-reactive ketones (excluding diaryl/α,β-unsaturated/α-hetero) is 2. The molecule has 1 aliphatic carbocycles. The van der Waals surface area contributed by atoms with Crippen molar-refractivity contribution < 1.29 is 24.2 Å². The van der Waals surface area contributed by atoms with Crippen molar-refractivity contribution in [1.82, 2.24) is 0 Å². The third-order valence-electron chi connectivity index (χ3n) is 4.23. The zero-order chi connectivity index (χ0) is 18.9. The van der Waals surface area contributed by atoms with Crippen LogP contribution in [0, 0.1) is 5.92 Å². The zero-order valence-corrected chi connectivity index (χ0v) is 15.5. The number of nitrogens with zero attached hydrogens (tertiary/aromatic N) is 1. The minimum Gasteiger partial charge on any atom is -0.490 e. The molecule has 1 fully saturated rings. The van der Waals surface area contributed by atoms with Gasteiger partial charge >= 0.3 is 0 Å². The number of hydrogen-bond acceptors (Lipinski definition) is 6. The Morgan fingerprint density at radius 3 is 2.62 bits per heavy atom. The fourth-order valence-electron chi connectivity index (χ4n) is 3.16. The van der Waals surface area contributed by atoms with Crippen LogP contribution in [-0.4, -0.2) is 48.8 Å². The molecule has 2 rings (SSSR count). The zero-order valence-electron chi connectivity index (χ0n) is 15.5. The molecule has 0 spiro atoms. The Morgan fingerprint density at radius 2 is 1.92 bits per heavy atom. The van der Waals surface area contributed by atoms with E-state index >= 15 is 0 Å². The quantitative estimate of drug-likeness (QED) is 0.683. The van der Waals surface area contributed by atoms with E-state index in [2.05, 4.69) is 4.99 Å². The lowest BCUT2D eigenvalue weighted by Gasteiger charge is -2.22. The molecule has 1 aromatic rings. The minimum atomic E-state index is -0.780. The summed E-state index contributed by atoms with van der Waals surface area (Å²) in [6.45, 7) is 4.95. The Hall–Kier alpha value is -2.21. The maximum Gasteiger partial charge on any atom is 0.161 e. The van der Waals surface area contributed by atoms with Crippen LogP contribution >= 0.6 is 0 Å². The Morgan fingerprint density at radius 1 is 1.19 bits per heavy atom. The number of carbonyl (C=O) groups is 2. The molecule has 0 bridgehead atoms. The highest BCUT2D eigenvalue weighted by Gasteiger charge is 2.33. The standard InChI is InChI=1S/C20H27NO5/c1-3-25-18-9-8-14(13-19(18)26-4-2)12-17(24)20-15(21-10-11-22)6-5-7-16(20)23/h8-9,13,20,22H,3-7,10-12H2,1-2H3/t20-/m1/s1. The summed E-state index contributed by atoms with van der Waals surface area (Å²) in [5.74, 6) is 0.234. The molecule has 6 nitrogen and oxygen atoms in total. The predicted molar refractivity (Wildman–Crippen MR) is 99.2 cm³/mol. The SMILES string of the molecule is CCOc1ccc(CC(=O)[C@H]2C(=O)CCCC2=NCCO)cc1OCC. The minimum absolute atomic E-state index is 0.0751. The maximum absolute atomic E-state index is 12.8. The largest absolute Gasteiger partial charge is 0.490 e. The van der Waals surface area contributed by atoms with Crippen molar-refractivity contribution in [3.63, 3.8) is 0 Å². The van der Waals surface area contributed by atoms with Crippen LogP contribution in [0.15, 0.2) is 23.2 Å². The number of benzene rings is 1. The number of carbonyl (C=O) groups excluding carboxylic acids is 2. The molecule has 0 aliphatic heterocycles. The number of hydrogen-bond donors (Lipinski definition) is 1. The summed E-state index contributed by atoms with van der Waals surface area (Å²) < 4.78 is 11.1. The number of aliphatic hydroxyl groups excluding tert-OH is 1. The van der Waals surface area contributed by atoms with Gasteiger partial charge in [-0.15, -0.1) is 0 Å². The molecule has 1 saturated carbocycles. The maximum atomic E-state index is 12.8.